The van der Waals surface area contributed by atoms with E-state index in [-0.39, 0.29) is 23.8 Å². The molecule has 2 N–H and O–H groups in total. The second-order valence-electron chi connectivity index (χ2n) is 4.71. The molecule has 3 nitrogen and oxygen atoms in total. The number of aliphatic hydroxyl groups excluding tert-OH is 1. The summed E-state index contributed by atoms with van der Waals surface area (Å²) in [6.07, 6.45) is 6.77. The Morgan fingerprint density at radius 2 is 2.07 bits per heavy atom. The molecule has 1 saturated heterocycles. The molecular formula is C11H19NO2. The number of hydrogen-bond donors (Lipinski definition) is 2. The third kappa shape index (κ3) is 1.54. The monoisotopic (exact) mass is 197 g/mol. The molecule has 0 aromatic carbocycles. The van der Waals surface area contributed by atoms with Gasteiger partial charge in [-0.05, 0) is 24.7 Å². The van der Waals surface area contributed by atoms with Gasteiger partial charge in [-0.2, -0.15) is 0 Å². The van der Waals surface area contributed by atoms with Gasteiger partial charge in [0.25, 0.3) is 0 Å². The van der Waals surface area contributed by atoms with Crippen molar-refractivity contribution in [2.75, 3.05) is 13.2 Å². The Morgan fingerprint density at radius 1 is 1.36 bits per heavy atom. The van der Waals surface area contributed by atoms with Gasteiger partial charge in [0.1, 0.15) is 0 Å². The van der Waals surface area contributed by atoms with E-state index in [0.29, 0.717) is 6.42 Å². The minimum Gasteiger partial charge on any atom is -0.396 e. The average Bonchev–Trinajstić information content (AvgIpc) is 2.49. The fourth-order valence-electron chi connectivity index (χ4n) is 3.14. The molecule has 1 saturated carbocycles. The first-order valence-corrected chi connectivity index (χ1v) is 5.67. The molecular weight excluding hydrogens is 178 g/mol. The van der Waals surface area contributed by atoms with Crippen molar-refractivity contribution in [3.63, 3.8) is 0 Å². The van der Waals surface area contributed by atoms with Gasteiger partial charge in [-0.25, -0.2) is 0 Å². The summed E-state index contributed by atoms with van der Waals surface area (Å²) < 4.78 is 0. The van der Waals surface area contributed by atoms with E-state index in [4.69, 9.17) is 5.11 Å². The van der Waals surface area contributed by atoms with Crippen LogP contribution in [0.5, 0.6) is 0 Å². The highest BCUT2D eigenvalue weighted by Crippen LogP contribution is 2.46. The molecule has 0 radical (unpaired) electrons. The van der Waals surface area contributed by atoms with E-state index in [9.17, 15) is 4.79 Å². The summed E-state index contributed by atoms with van der Waals surface area (Å²) in [4.78, 5) is 11.6. The number of amides is 1. The van der Waals surface area contributed by atoms with E-state index >= 15 is 0 Å². The van der Waals surface area contributed by atoms with Crippen LogP contribution in [-0.2, 0) is 4.79 Å². The number of rotatable bonds is 2. The zero-order chi connectivity index (χ0) is 10.0. The standard InChI is InChI=1S/C11H19NO2/c13-7-4-9-10(14)12-8-11(9)5-2-1-3-6-11/h9,13H,1-8H2,(H,12,14). The largest absolute Gasteiger partial charge is 0.396 e. The highest BCUT2D eigenvalue weighted by atomic mass is 16.3. The van der Waals surface area contributed by atoms with Crippen LogP contribution in [0.2, 0.25) is 0 Å². The van der Waals surface area contributed by atoms with E-state index in [2.05, 4.69) is 5.32 Å². The second kappa shape index (κ2) is 3.89. The van der Waals surface area contributed by atoms with Gasteiger partial charge in [0.05, 0.1) is 0 Å². The van der Waals surface area contributed by atoms with E-state index in [1.54, 1.807) is 0 Å². The molecule has 80 valence electrons. The first kappa shape index (κ1) is 9.97. The topological polar surface area (TPSA) is 49.3 Å². The molecule has 1 aliphatic carbocycles. The number of carbonyl (C=O) groups excluding carboxylic acids is 1. The van der Waals surface area contributed by atoms with Gasteiger partial charge in [0.2, 0.25) is 5.91 Å². The van der Waals surface area contributed by atoms with Gasteiger partial charge in [-0.15, -0.1) is 0 Å². The van der Waals surface area contributed by atoms with Crippen LogP contribution in [-0.4, -0.2) is 24.2 Å². The molecule has 3 heteroatoms. The van der Waals surface area contributed by atoms with Crippen LogP contribution in [0.3, 0.4) is 0 Å². The molecule has 1 unspecified atom stereocenters. The van der Waals surface area contributed by atoms with Crippen molar-refractivity contribution in [1.29, 1.82) is 0 Å². The van der Waals surface area contributed by atoms with Crippen molar-refractivity contribution in [3.05, 3.63) is 0 Å². The van der Waals surface area contributed by atoms with Crippen molar-refractivity contribution >= 4 is 5.91 Å². The Morgan fingerprint density at radius 3 is 2.71 bits per heavy atom. The predicted molar refractivity (Wildman–Crippen MR) is 53.7 cm³/mol. The lowest BCUT2D eigenvalue weighted by atomic mass is 9.67. The summed E-state index contributed by atoms with van der Waals surface area (Å²) in [7, 11) is 0. The molecule has 0 aromatic rings. The SMILES string of the molecule is O=C1NCC2(CCCCC2)C1CCO. The average molecular weight is 197 g/mol. The summed E-state index contributed by atoms with van der Waals surface area (Å²) in [5.41, 5.74) is 0.193. The summed E-state index contributed by atoms with van der Waals surface area (Å²) in [6.45, 7) is 0.982. The van der Waals surface area contributed by atoms with E-state index in [1.807, 2.05) is 0 Å². The fourth-order valence-corrected chi connectivity index (χ4v) is 3.14. The van der Waals surface area contributed by atoms with Gasteiger partial charge in [0.15, 0.2) is 0 Å². The Labute approximate surface area is 84.9 Å². The summed E-state index contributed by atoms with van der Waals surface area (Å²) in [5, 5.41) is 11.9. The summed E-state index contributed by atoms with van der Waals surface area (Å²) in [5.74, 6) is 0.244. The maximum Gasteiger partial charge on any atom is 0.223 e. The highest BCUT2D eigenvalue weighted by Gasteiger charge is 2.47. The van der Waals surface area contributed by atoms with Crippen molar-refractivity contribution in [3.8, 4) is 0 Å². The molecule has 2 rings (SSSR count). The molecule has 14 heavy (non-hydrogen) atoms. The van der Waals surface area contributed by atoms with E-state index < -0.39 is 0 Å². The van der Waals surface area contributed by atoms with E-state index in [1.165, 1.54) is 19.3 Å². The number of hydrogen-bond acceptors (Lipinski definition) is 2. The first-order valence-electron chi connectivity index (χ1n) is 5.67. The summed E-state index contributed by atoms with van der Waals surface area (Å²) >= 11 is 0. The molecule has 0 bridgehead atoms. The van der Waals surface area contributed by atoms with Gasteiger partial charge >= 0.3 is 0 Å². The Balaban J connectivity index is 2.11. The fraction of sp³-hybridized carbons (Fsp3) is 0.909. The van der Waals surface area contributed by atoms with Crippen LogP contribution in [0.15, 0.2) is 0 Å². The number of aliphatic hydroxyl groups is 1. The maximum absolute atomic E-state index is 11.6. The lowest BCUT2D eigenvalue weighted by Crippen LogP contribution is -2.33. The molecule has 1 amide bonds. The van der Waals surface area contributed by atoms with Gasteiger partial charge in [-0.1, -0.05) is 19.3 Å². The van der Waals surface area contributed by atoms with Gasteiger partial charge < -0.3 is 10.4 Å². The molecule has 1 heterocycles. The smallest absolute Gasteiger partial charge is 0.223 e. The third-order valence-corrected chi connectivity index (χ3v) is 3.94. The second-order valence-corrected chi connectivity index (χ2v) is 4.71. The highest BCUT2D eigenvalue weighted by molar-refractivity contribution is 5.82. The lowest BCUT2D eigenvalue weighted by molar-refractivity contribution is -0.124. The third-order valence-electron chi connectivity index (χ3n) is 3.94. The van der Waals surface area contributed by atoms with Crippen molar-refractivity contribution in [2.24, 2.45) is 11.3 Å². The zero-order valence-electron chi connectivity index (χ0n) is 8.59. The van der Waals surface area contributed by atoms with E-state index in [0.717, 1.165) is 19.4 Å². The Hall–Kier alpha value is -0.570. The van der Waals surface area contributed by atoms with Crippen LogP contribution in [0, 0.1) is 11.3 Å². The molecule has 1 spiro atoms. The van der Waals surface area contributed by atoms with Crippen molar-refractivity contribution < 1.29 is 9.90 Å². The van der Waals surface area contributed by atoms with Gasteiger partial charge in [-0.3, -0.25) is 4.79 Å². The van der Waals surface area contributed by atoms with Gasteiger partial charge in [0, 0.05) is 19.1 Å². The minimum atomic E-state index is 0.0767. The molecule has 2 fully saturated rings. The summed E-state index contributed by atoms with van der Waals surface area (Å²) in [6, 6.07) is 0. The number of carbonyl (C=O) groups is 1. The normalized spacial score (nSPS) is 30.6. The molecule has 1 aliphatic heterocycles. The van der Waals surface area contributed by atoms with Crippen LogP contribution in [0.4, 0.5) is 0 Å². The van der Waals surface area contributed by atoms with Crippen LogP contribution >= 0.6 is 0 Å². The molecule has 2 aliphatic rings. The van der Waals surface area contributed by atoms with Crippen molar-refractivity contribution in [1.82, 2.24) is 5.32 Å². The van der Waals surface area contributed by atoms with Crippen LogP contribution < -0.4 is 5.32 Å². The first-order chi connectivity index (χ1) is 6.78. The Bertz CT molecular complexity index is 221. The Kier molecular flexibility index (Phi) is 2.77. The zero-order valence-corrected chi connectivity index (χ0v) is 8.59. The predicted octanol–water partition coefficient (Wildman–Crippen LogP) is 1.07. The van der Waals surface area contributed by atoms with Crippen LogP contribution in [0.25, 0.3) is 0 Å². The molecule has 0 aromatic heterocycles. The lowest BCUT2D eigenvalue weighted by Gasteiger charge is -2.36. The van der Waals surface area contributed by atoms with Crippen molar-refractivity contribution in [2.45, 2.75) is 38.5 Å². The quantitative estimate of drug-likeness (QED) is 0.695. The molecule has 1 atom stereocenters. The van der Waals surface area contributed by atoms with Crippen LogP contribution in [0.1, 0.15) is 38.5 Å². The minimum absolute atomic E-state index is 0.0767. The maximum atomic E-state index is 11.6. The number of nitrogens with one attached hydrogen (secondary N) is 1.